The van der Waals surface area contributed by atoms with Gasteiger partial charge in [-0.15, -0.1) is 0 Å². The lowest BCUT2D eigenvalue weighted by atomic mass is 10.2. The maximum Gasteiger partial charge on any atom is 0.313 e. The van der Waals surface area contributed by atoms with Crippen LogP contribution in [0.3, 0.4) is 0 Å². The van der Waals surface area contributed by atoms with Gasteiger partial charge in [-0.3, -0.25) is 15.1 Å². The molecular weight excluding hydrogens is 265 g/mol. The first-order valence-corrected chi connectivity index (χ1v) is 5.77. The minimum atomic E-state index is -0.714. The molecule has 1 aromatic carbocycles. The Kier molecular flexibility index (Phi) is 4.09. The van der Waals surface area contributed by atoms with Crippen molar-refractivity contribution in [2.75, 3.05) is 12.4 Å². The van der Waals surface area contributed by atoms with E-state index in [9.17, 15) is 14.5 Å². The highest BCUT2D eigenvalue weighted by atomic mass is 19.1. The monoisotopic (exact) mass is 277 g/mol. The van der Waals surface area contributed by atoms with Crippen LogP contribution in [0, 0.1) is 15.9 Å². The molecule has 0 spiro atoms. The Hall–Kier alpha value is -2.70. The summed E-state index contributed by atoms with van der Waals surface area (Å²) in [4.78, 5) is 14.1. The molecule has 6 nitrogen and oxygen atoms in total. The fraction of sp³-hybridized carbons (Fsp3) is 0.154. The molecule has 1 N–H and O–H groups in total. The van der Waals surface area contributed by atoms with Gasteiger partial charge < -0.3 is 10.1 Å². The Labute approximate surface area is 114 Å². The number of methoxy groups -OCH3 is 1. The molecule has 0 atom stereocenters. The summed E-state index contributed by atoms with van der Waals surface area (Å²) in [6, 6.07) is 7.47. The zero-order valence-electron chi connectivity index (χ0n) is 10.7. The number of hydrogen-bond donors (Lipinski definition) is 1. The number of aromatic nitrogens is 1. The number of ether oxygens (including phenoxy) is 1. The Balaban J connectivity index is 2.22. The number of nitro groups is 1. The van der Waals surface area contributed by atoms with Gasteiger partial charge in [-0.2, -0.15) is 0 Å². The molecule has 20 heavy (non-hydrogen) atoms. The van der Waals surface area contributed by atoms with Gasteiger partial charge in [0.2, 0.25) is 0 Å². The highest BCUT2D eigenvalue weighted by molar-refractivity contribution is 5.59. The van der Waals surface area contributed by atoms with Gasteiger partial charge in [0.25, 0.3) is 0 Å². The van der Waals surface area contributed by atoms with E-state index >= 15 is 0 Å². The van der Waals surface area contributed by atoms with Crippen LogP contribution in [0.5, 0.6) is 5.75 Å². The minimum Gasteiger partial charge on any atom is -0.490 e. The quantitative estimate of drug-likeness (QED) is 0.671. The molecule has 0 radical (unpaired) electrons. The van der Waals surface area contributed by atoms with Crippen molar-refractivity contribution in [3.05, 3.63) is 58.2 Å². The summed E-state index contributed by atoms with van der Waals surface area (Å²) in [5, 5.41) is 13.6. The lowest BCUT2D eigenvalue weighted by Gasteiger charge is -2.09. The third-order valence-electron chi connectivity index (χ3n) is 2.65. The second-order valence-electron chi connectivity index (χ2n) is 3.94. The highest BCUT2D eigenvalue weighted by Gasteiger charge is 2.19. The molecule has 1 aromatic heterocycles. The molecule has 2 rings (SSSR count). The van der Waals surface area contributed by atoms with Crippen LogP contribution in [-0.2, 0) is 6.54 Å². The molecule has 0 saturated carbocycles. The zero-order chi connectivity index (χ0) is 14.5. The number of halogens is 1. The average Bonchev–Trinajstić information content (AvgIpc) is 2.46. The van der Waals surface area contributed by atoms with Crippen LogP contribution in [0.15, 0.2) is 36.5 Å². The Bertz CT molecular complexity index is 620. The molecule has 104 valence electrons. The van der Waals surface area contributed by atoms with Crippen LogP contribution < -0.4 is 10.1 Å². The summed E-state index contributed by atoms with van der Waals surface area (Å²) in [7, 11) is 1.29. The first-order valence-electron chi connectivity index (χ1n) is 5.77. The summed E-state index contributed by atoms with van der Waals surface area (Å²) in [6.45, 7) is 0.304. The molecule has 0 bridgehead atoms. The van der Waals surface area contributed by atoms with Gasteiger partial charge in [-0.1, -0.05) is 6.07 Å². The van der Waals surface area contributed by atoms with E-state index in [1.807, 2.05) is 6.07 Å². The highest BCUT2D eigenvalue weighted by Crippen LogP contribution is 2.32. The SMILES string of the molecule is COc1cc(NCc2ccccn2)c(F)cc1[N+](=O)[O-]. The molecule has 7 heteroatoms. The number of anilines is 1. The molecule has 0 saturated heterocycles. The summed E-state index contributed by atoms with van der Waals surface area (Å²) in [5.41, 5.74) is 0.440. The first kappa shape index (κ1) is 13.7. The van der Waals surface area contributed by atoms with Crippen LogP contribution in [0.25, 0.3) is 0 Å². The first-order chi connectivity index (χ1) is 9.61. The van der Waals surface area contributed by atoms with Gasteiger partial charge in [0.15, 0.2) is 11.6 Å². The average molecular weight is 277 g/mol. The second-order valence-corrected chi connectivity index (χ2v) is 3.94. The van der Waals surface area contributed by atoms with Crippen LogP contribution in [0.2, 0.25) is 0 Å². The summed E-state index contributed by atoms with van der Waals surface area (Å²) >= 11 is 0. The summed E-state index contributed by atoms with van der Waals surface area (Å²) in [6.07, 6.45) is 1.63. The maximum absolute atomic E-state index is 13.8. The van der Waals surface area contributed by atoms with Crippen LogP contribution in [0.1, 0.15) is 5.69 Å². The summed E-state index contributed by atoms with van der Waals surface area (Å²) < 4.78 is 18.7. The van der Waals surface area contributed by atoms with Crippen molar-refractivity contribution in [2.45, 2.75) is 6.54 Å². The molecule has 2 aromatic rings. The lowest BCUT2D eigenvalue weighted by molar-refractivity contribution is -0.385. The van der Waals surface area contributed by atoms with Gasteiger partial charge in [0, 0.05) is 12.3 Å². The van der Waals surface area contributed by atoms with Crippen LogP contribution >= 0.6 is 0 Å². The topological polar surface area (TPSA) is 77.3 Å². The predicted molar refractivity (Wildman–Crippen MR) is 71.2 cm³/mol. The third kappa shape index (κ3) is 3.00. The Morgan fingerprint density at radius 3 is 2.85 bits per heavy atom. The molecule has 0 amide bonds. The molecule has 0 aliphatic heterocycles. The predicted octanol–water partition coefficient (Wildman–Crippen LogP) is 2.75. The normalized spacial score (nSPS) is 10.1. The van der Waals surface area contributed by atoms with E-state index in [1.54, 1.807) is 18.3 Å². The van der Waals surface area contributed by atoms with E-state index in [0.717, 1.165) is 11.8 Å². The van der Waals surface area contributed by atoms with Crippen molar-refractivity contribution < 1.29 is 14.1 Å². The second kappa shape index (κ2) is 5.96. The standard InChI is InChI=1S/C13H12FN3O3/c1-20-13-7-11(10(14)6-12(13)17(18)19)16-8-9-4-2-3-5-15-9/h2-7,16H,8H2,1H3. The van der Waals surface area contributed by atoms with Crippen molar-refractivity contribution in [3.8, 4) is 5.75 Å². The fourth-order valence-corrected chi connectivity index (χ4v) is 1.67. The lowest BCUT2D eigenvalue weighted by Crippen LogP contribution is -2.04. The van der Waals surface area contributed by atoms with Gasteiger partial charge in [0.1, 0.15) is 0 Å². The van der Waals surface area contributed by atoms with Crippen molar-refractivity contribution in [2.24, 2.45) is 0 Å². The number of hydrogen-bond acceptors (Lipinski definition) is 5. The van der Waals surface area contributed by atoms with Crippen molar-refractivity contribution in [1.29, 1.82) is 0 Å². The molecule has 0 aliphatic carbocycles. The number of nitro benzene ring substituents is 1. The number of benzene rings is 1. The van der Waals surface area contributed by atoms with E-state index in [1.165, 1.54) is 13.2 Å². The summed E-state index contributed by atoms with van der Waals surface area (Å²) in [5.74, 6) is -0.714. The molecule has 0 fully saturated rings. The van der Waals surface area contributed by atoms with Gasteiger partial charge in [-0.25, -0.2) is 4.39 Å². The smallest absolute Gasteiger partial charge is 0.313 e. The van der Waals surface area contributed by atoms with Crippen molar-refractivity contribution in [3.63, 3.8) is 0 Å². The zero-order valence-corrected chi connectivity index (χ0v) is 10.7. The minimum absolute atomic E-state index is 0.0000733. The molecular formula is C13H12FN3O3. The number of nitrogens with zero attached hydrogens (tertiary/aromatic N) is 2. The van der Waals surface area contributed by atoms with Crippen LogP contribution in [-0.4, -0.2) is 17.0 Å². The van der Waals surface area contributed by atoms with Crippen molar-refractivity contribution >= 4 is 11.4 Å². The fourth-order valence-electron chi connectivity index (χ4n) is 1.67. The van der Waals surface area contributed by atoms with Crippen LogP contribution in [0.4, 0.5) is 15.8 Å². The van der Waals surface area contributed by atoms with E-state index in [4.69, 9.17) is 4.74 Å². The van der Waals surface area contributed by atoms with E-state index in [0.29, 0.717) is 6.54 Å². The van der Waals surface area contributed by atoms with Gasteiger partial charge in [0.05, 0.1) is 36.0 Å². The van der Waals surface area contributed by atoms with E-state index in [-0.39, 0.29) is 11.4 Å². The Morgan fingerprint density at radius 1 is 1.45 bits per heavy atom. The molecule has 1 heterocycles. The van der Waals surface area contributed by atoms with E-state index < -0.39 is 16.4 Å². The largest absolute Gasteiger partial charge is 0.490 e. The third-order valence-corrected chi connectivity index (χ3v) is 2.65. The maximum atomic E-state index is 13.8. The number of pyridine rings is 1. The molecule has 0 unspecified atom stereocenters. The number of rotatable bonds is 5. The molecule has 0 aliphatic rings. The van der Waals surface area contributed by atoms with Crippen molar-refractivity contribution in [1.82, 2.24) is 4.98 Å². The van der Waals surface area contributed by atoms with E-state index in [2.05, 4.69) is 10.3 Å². The Morgan fingerprint density at radius 2 is 2.25 bits per heavy atom. The van der Waals surface area contributed by atoms with Gasteiger partial charge in [-0.05, 0) is 12.1 Å². The van der Waals surface area contributed by atoms with Gasteiger partial charge >= 0.3 is 5.69 Å². The number of nitrogens with one attached hydrogen (secondary N) is 1.